The maximum Gasteiger partial charge on any atom is 0.251 e. The van der Waals surface area contributed by atoms with Crippen molar-refractivity contribution in [1.82, 2.24) is 15.5 Å². The molecule has 0 bridgehead atoms. The molecule has 2 aromatic rings. The molecule has 1 heterocycles. The number of nitrogens with one attached hydrogen (secondary N) is 2. The molecule has 0 aromatic heterocycles. The van der Waals surface area contributed by atoms with E-state index in [1.165, 1.54) is 5.69 Å². The van der Waals surface area contributed by atoms with E-state index in [4.69, 9.17) is 0 Å². The van der Waals surface area contributed by atoms with E-state index in [1.54, 1.807) is 0 Å². The van der Waals surface area contributed by atoms with Gasteiger partial charge in [-0.1, -0.05) is 36.4 Å². The summed E-state index contributed by atoms with van der Waals surface area (Å²) >= 11 is 0. The van der Waals surface area contributed by atoms with E-state index in [1.807, 2.05) is 48.5 Å². The van der Waals surface area contributed by atoms with Crippen molar-refractivity contribution in [2.45, 2.75) is 25.3 Å². The molecule has 2 aromatic carbocycles. The van der Waals surface area contributed by atoms with Gasteiger partial charge in [-0.15, -0.1) is 0 Å². The van der Waals surface area contributed by atoms with E-state index in [0.717, 1.165) is 38.9 Å². The molecule has 6 heteroatoms. The van der Waals surface area contributed by atoms with Gasteiger partial charge in [0.2, 0.25) is 5.91 Å². The number of piperidine rings is 1. The van der Waals surface area contributed by atoms with E-state index in [2.05, 4.69) is 39.6 Å². The van der Waals surface area contributed by atoms with Gasteiger partial charge in [-0.2, -0.15) is 0 Å². The third-order valence-electron chi connectivity index (χ3n) is 5.52. The second kappa shape index (κ2) is 11.4. The highest BCUT2D eigenvalue weighted by Gasteiger charge is 2.22. The Bertz CT molecular complexity index is 789. The zero-order chi connectivity index (χ0) is 21.2. The van der Waals surface area contributed by atoms with Crippen LogP contribution < -0.4 is 15.5 Å². The van der Waals surface area contributed by atoms with Gasteiger partial charge in [0.1, 0.15) is 0 Å². The summed E-state index contributed by atoms with van der Waals surface area (Å²) in [6.07, 6.45) is 2.65. The molecule has 0 unspecified atom stereocenters. The van der Waals surface area contributed by atoms with E-state index in [9.17, 15) is 9.59 Å². The number of hydrogen-bond acceptors (Lipinski definition) is 4. The smallest absolute Gasteiger partial charge is 0.251 e. The molecule has 160 valence electrons. The minimum atomic E-state index is -0.0211. The van der Waals surface area contributed by atoms with Gasteiger partial charge < -0.3 is 15.5 Å². The van der Waals surface area contributed by atoms with Crippen LogP contribution in [0.3, 0.4) is 0 Å². The standard InChI is InChI=1S/C24H32N4O2/c1-27(22-11-6-3-7-12-22)16-8-15-25-23(29)19-28-17-13-21(14-18-28)26-24(30)20-9-4-2-5-10-20/h2-7,9-12,21H,8,13-19H2,1H3,(H,25,29)(H,26,30). The van der Waals surface area contributed by atoms with Crippen LogP contribution in [0.4, 0.5) is 5.69 Å². The van der Waals surface area contributed by atoms with Crippen LogP contribution in [-0.4, -0.2) is 62.5 Å². The third-order valence-corrected chi connectivity index (χ3v) is 5.52. The first kappa shape index (κ1) is 21.8. The SMILES string of the molecule is CN(CCCNC(=O)CN1CCC(NC(=O)c2ccccc2)CC1)c1ccccc1. The van der Waals surface area contributed by atoms with Crippen LogP contribution in [0.2, 0.25) is 0 Å². The van der Waals surface area contributed by atoms with Gasteiger partial charge in [0.15, 0.2) is 0 Å². The lowest BCUT2D eigenvalue weighted by molar-refractivity contribution is -0.122. The van der Waals surface area contributed by atoms with Crippen LogP contribution in [0.1, 0.15) is 29.6 Å². The molecular weight excluding hydrogens is 376 g/mol. The summed E-state index contributed by atoms with van der Waals surface area (Å²) in [5.74, 6) is 0.0522. The lowest BCUT2D eigenvalue weighted by Crippen LogP contribution is -2.47. The summed E-state index contributed by atoms with van der Waals surface area (Å²) in [4.78, 5) is 28.9. The molecule has 2 amide bonds. The Kier molecular flexibility index (Phi) is 8.27. The Morgan fingerprint density at radius 3 is 2.30 bits per heavy atom. The van der Waals surface area contributed by atoms with Crippen molar-refractivity contribution in [1.29, 1.82) is 0 Å². The first-order chi connectivity index (χ1) is 14.6. The number of carbonyl (C=O) groups excluding carboxylic acids is 2. The summed E-state index contributed by atoms with van der Waals surface area (Å²) in [6.45, 7) is 3.65. The molecular formula is C24H32N4O2. The van der Waals surface area contributed by atoms with Gasteiger partial charge in [-0.05, 0) is 43.5 Å². The van der Waals surface area contributed by atoms with E-state index in [0.29, 0.717) is 18.7 Å². The average molecular weight is 409 g/mol. The maximum absolute atomic E-state index is 12.3. The van der Waals surface area contributed by atoms with Crippen LogP contribution in [0.5, 0.6) is 0 Å². The van der Waals surface area contributed by atoms with Crippen molar-refractivity contribution in [3.05, 3.63) is 66.2 Å². The molecule has 1 fully saturated rings. The summed E-state index contributed by atoms with van der Waals surface area (Å²) in [6, 6.07) is 19.7. The molecule has 3 rings (SSSR count). The Morgan fingerprint density at radius 1 is 1.00 bits per heavy atom. The molecule has 0 aliphatic carbocycles. The molecule has 1 aliphatic heterocycles. The van der Waals surface area contributed by atoms with Gasteiger partial charge in [-0.25, -0.2) is 0 Å². The summed E-state index contributed by atoms with van der Waals surface area (Å²) in [5.41, 5.74) is 1.88. The Labute approximate surface area is 179 Å². The lowest BCUT2D eigenvalue weighted by Gasteiger charge is -2.31. The highest BCUT2D eigenvalue weighted by atomic mass is 16.2. The van der Waals surface area contributed by atoms with Crippen molar-refractivity contribution in [2.75, 3.05) is 44.7 Å². The van der Waals surface area contributed by atoms with Crippen molar-refractivity contribution < 1.29 is 9.59 Å². The summed E-state index contributed by atoms with van der Waals surface area (Å²) < 4.78 is 0. The molecule has 0 radical (unpaired) electrons. The maximum atomic E-state index is 12.3. The zero-order valence-electron chi connectivity index (χ0n) is 17.7. The first-order valence-electron chi connectivity index (χ1n) is 10.7. The van der Waals surface area contributed by atoms with E-state index in [-0.39, 0.29) is 17.9 Å². The average Bonchev–Trinajstić information content (AvgIpc) is 2.79. The highest BCUT2D eigenvalue weighted by Crippen LogP contribution is 2.12. The van der Waals surface area contributed by atoms with Gasteiger partial charge in [0.25, 0.3) is 5.91 Å². The Morgan fingerprint density at radius 2 is 1.63 bits per heavy atom. The fourth-order valence-corrected chi connectivity index (χ4v) is 3.71. The second-order valence-corrected chi connectivity index (χ2v) is 7.85. The number of para-hydroxylation sites is 1. The molecule has 6 nitrogen and oxygen atoms in total. The predicted octanol–water partition coefficient (Wildman–Crippen LogP) is 2.52. The number of benzene rings is 2. The van der Waals surface area contributed by atoms with Crippen LogP contribution >= 0.6 is 0 Å². The molecule has 2 N–H and O–H groups in total. The zero-order valence-corrected chi connectivity index (χ0v) is 17.7. The van der Waals surface area contributed by atoms with Gasteiger partial charge >= 0.3 is 0 Å². The van der Waals surface area contributed by atoms with Crippen molar-refractivity contribution >= 4 is 17.5 Å². The van der Waals surface area contributed by atoms with Crippen molar-refractivity contribution in [3.63, 3.8) is 0 Å². The largest absolute Gasteiger partial charge is 0.375 e. The number of rotatable bonds is 9. The quantitative estimate of drug-likeness (QED) is 0.626. The van der Waals surface area contributed by atoms with Crippen molar-refractivity contribution in [2.24, 2.45) is 0 Å². The van der Waals surface area contributed by atoms with Crippen LogP contribution in [0, 0.1) is 0 Å². The molecule has 1 aliphatic rings. The Balaban J connectivity index is 1.28. The highest BCUT2D eigenvalue weighted by molar-refractivity contribution is 5.94. The minimum Gasteiger partial charge on any atom is -0.375 e. The normalized spacial score (nSPS) is 14.8. The number of likely N-dealkylation sites (tertiary alicyclic amines) is 1. The molecule has 0 spiro atoms. The first-order valence-corrected chi connectivity index (χ1v) is 10.7. The minimum absolute atomic E-state index is 0.0211. The Hall–Kier alpha value is -2.86. The summed E-state index contributed by atoms with van der Waals surface area (Å²) in [7, 11) is 2.07. The van der Waals surface area contributed by atoms with Crippen LogP contribution in [0.25, 0.3) is 0 Å². The summed E-state index contributed by atoms with van der Waals surface area (Å²) in [5, 5.41) is 6.13. The monoisotopic (exact) mass is 408 g/mol. The molecule has 0 atom stereocenters. The topological polar surface area (TPSA) is 64.7 Å². The fraction of sp³-hybridized carbons (Fsp3) is 0.417. The van der Waals surface area contributed by atoms with Gasteiger partial charge in [0, 0.05) is 50.5 Å². The molecule has 30 heavy (non-hydrogen) atoms. The van der Waals surface area contributed by atoms with Crippen LogP contribution in [-0.2, 0) is 4.79 Å². The fourth-order valence-electron chi connectivity index (χ4n) is 3.71. The molecule has 0 saturated carbocycles. The number of anilines is 1. The third kappa shape index (κ3) is 6.88. The van der Waals surface area contributed by atoms with Crippen molar-refractivity contribution in [3.8, 4) is 0 Å². The number of carbonyl (C=O) groups is 2. The number of hydrogen-bond donors (Lipinski definition) is 2. The molecule has 1 saturated heterocycles. The van der Waals surface area contributed by atoms with E-state index < -0.39 is 0 Å². The van der Waals surface area contributed by atoms with Gasteiger partial charge in [-0.3, -0.25) is 14.5 Å². The number of nitrogens with zero attached hydrogens (tertiary/aromatic N) is 2. The van der Waals surface area contributed by atoms with Gasteiger partial charge in [0.05, 0.1) is 6.54 Å². The number of amides is 2. The van der Waals surface area contributed by atoms with E-state index >= 15 is 0 Å². The van der Waals surface area contributed by atoms with Crippen LogP contribution in [0.15, 0.2) is 60.7 Å². The second-order valence-electron chi connectivity index (χ2n) is 7.85. The lowest BCUT2D eigenvalue weighted by atomic mass is 10.0. The predicted molar refractivity (Wildman–Crippen MR) is 121 cm³/mol.